The van der Waals surface area contributed by atoms with Crippen LogP contribution in [-0.2, 0) is 0 Å². The summed E-state index contributed by atoms with van der Waals surface area (Å²) in [5.74, 6) is 0. The molecule has 4 heteroatoms. The van der Waals surface area contributed by atoms with E-state index in [0.717, 1.165) is 11.0 Å². The van der Waals surface area contributed by atoms with Crippen LogP contribution in [0.3, 0.4) is 0 Å². The van der Waals surface area contributed by atoms with Gasteiger partial charge in [-0.1, -0.05) is 17.3 Å². The van der Waals surface area contributed by atoms with Crippen molar-refractivity contribution in [2.75, 3.05) is 6.66 Å². The summed E-state index contributed by atoms with van der Waals surface area (Å²) in [7, 11) is 0.651. The third-order valence-electron chi connectivity index (χ3n) is 1.56. The molecule has 0 aliphatic heterocycles. The van der Waals surface area contributed by atoms with E-state index in [-0.39, 0.29) is 0 Å². The van der Waals surface area contributed by atoms with E-state index in [4.69, 9.17) is 0 Å². The summed E-state index contributed by atoms with van der Waals surface area (Å²) in [6.07, 6.45) is 0. The van der Waals surface area contributed by atoms with Gasteiger partial charge in [-0.05, 0) is 18.8 Å². The summed E-state index contributed by atoms with van der Waals surface area (Å²) in [6.45, 7) is 2.08. The zero-order valence-electron chi connectivity index (χ0n) is 6.15. The average Bonchev–Trinajstić information content (AvgIpc) is 2.47. The van der Waals surface area contributed by atoms with Crippen molar-refractivity contribution < 1.29 is 0 Å². The van der Waals surface area contributed by atoms with Gasteiger partial charge in [0.25, 0.3) is 0 Å². The number of para-hydroxylation sites is 1. The third-order valence-corrected chi connectivity index (χ3v) is 2.32. The minimum absolute atomic E-state index is 0.651. The second kappa shape index (κ2) is 2.59. The summed E-state index contributed by atoms with van der Waals surface area (Å²) in [4.78, 5) is 0. The zero-order chi connectivity index (χ0) is 7.68. The molecule has 1 aromatic heterocycles. The summed E-state index contributed by atoms with van der Waals surface area (Å²) in [5.41, 5.74) is 2.09. The Morgan fingerprint density at radius 2 is 2.18 bits per heavy atom. The Kier molecular flexibility index (Phi) is 1.59. The Hall–Kier alpha value is -0.950. The van der Waals surface area contributed by atoms with Crippen molar-refractivity contribution in [3.8, 4) is 0 Å². The third kappa shape index (κ3) is 1.02. The van der Waals surface area contributed by atoms with Crippen LogP contribution in [0.25, 0.3) is 11.0 Å². The first-order valence-electron chi connectivity index (χ1n) is 3.40. The fraction of sp³-hybridized carbons (Fsp3) is 0.143. The molecular weight excluding hydrogens is 157 g/mol. The maximum Gasteiger partial charge on any atom is 0.113 e. The summed E-state index contributed by atoms with van der Waals surface area (Å²) in [5, 5.41) is 8.00. The molecule has 3 nitrogen and oxygen atoms in total. The summed E-state index contributed by atoms with van der Waals surface area (Å²) in [6, 6.07) is 7.98. The van der Waals surface area contributed by atoms with Crippen molar-refractivity contribution in [3.63, 3.8) is 0 Å². The van der Waals surface area contributed by atoms with Crippen LogP contribution < -0.4 is 0 Å². The Labute approximate surface area is 66.2 Å². The number of fused-ring (bicyclic) bond motifs is 1. The number of hydrogen-bond acceptors (Lipinski definition) is 2. The molecule has 1 aromatic carbocycles. The van der Waals surface area contributed by atoms with Gasteiger partial charge in [-0.15, -0.1) is 5.10 Å². The van der Waals surface area contributed by atoms with Gasteiger partial charge in [-0.3, -0.25) is 0 Å². The van der Waals surface area contributed by atoms with Crippen molar-refractivity contribution in [2.24, 2.45) is 0 Å². The van der Waals surface area contributed by atoms with Crippen LogP contribution in [0, 0.1) is 0 Å². The Morgan fingerprint density at radius 3 is 3.00 bits per heavy atom. The number of rotatable bonds is 1. The van der Waals surface area contributed by atoms with Gasteiger partial charge in [0.1, 0.15) is 5.52 Å². The monoisotopic (exact) mass is 165 g/mol. The second-order valence-electron chi connectivity index (χ2n) is 2.21. The Bertz CT molecular complexity index is 368. The molecule has 0 saturated carbocycles. The predicted octanol–water partition coefficient (Wildman–Crippen LogP) is 1.50. The van der Waals surface area contributed by atoms with Gasteiger partial charge in [0.05, 0.1) is 5.52 Å². The molecule has 0 fully saturated rings. The van der Waals surface area contributed by atoms with Crippen LogP contribution in [0.4, 0.5) is 0 Å². The van der Waals surface area contributed by atoms with Crippen LogP contribution in [0.5, 0.6) is 0 Å². The van der Waals surface area contributed by atoms with Crippen LogP contribution in [0.15, 0.2) is 24.3 Å². The SMILES string of the molecule is CPn1nnc2ccccc21. The lowest BCUT2D eigenvalue weighted by atomic mass is 10.3. The smallest absolute Gasteiger partial charge is 0.113 e. The molecule has 11 heavy (non-hydrogen) atoms. The summed E-state index contributed by atoms with van der Waals surface area (Å²) < 4.78 is 1.91. The average molecular weight is 165 g/mol. The number of benzene rings is 1. The standard InChI is InChI=1S/C7H8N3P/c1-11-10-7-5-3-2-4-6(7)8-9-10/h2-5,11H,1H3. The molecule has 2 rings (SSSR count). The molecule has 0 radical (unpaired) electrons. The number of hydrogen-bond donors (Lipinski definition) is 0. The number of aromatic nitrogens is 3. The molecule has 0 spiro atoms. The maximum atomic E-state index is 4.01. The maximum absolute atomic E-state index is 4.01. The molecule has 0 N–H and O–H groups in total. The molecule has 1 heterocycles. The second-order valence-corrected chi connectivity index (χ2v) is 3.08. The molecule has 1 atom stereocenters. The van der Waals surface area contributed by atoms with Gasteiger partial charge < -0.3 is 0 Å². The molecule has 1 unspecified atom stereocenters. The van der Waals surface area contributed by atoms with Gasteiger partial charge in [0, 0.05) is 8.73 Å². The zero-order valence-corrected chi connectivity index (χ0v) is 7.15. The van der Waals surface area contributed by atoms with Gasteiger partial charge >= 0.3 is 0 Å². The van der Waals surface area contributed by atoms with E-state index < -0.39 is 0 Å². The van der Waals surface area contributed by atoms with E-state index in [0.29, 0.717) is 8.73 Å². The van der Waals surface area contributed by atoms with Crippen molar-refractivity contribution in [3.05, 3.63) is 24.3 Å². The quantitative estimate of drug-likeness (QED) is 0.599. The minimum atomic E-state index is 0.651. The van der Waals surface area contributed by atoms with Crippen LogP contribution >= 0.6 is 8.73 Å². The number of nitrogens with zero attached hydrogens (tertiary/aromatic N) is 3. The first-order valence-corrected chi connectivity index (χ1v) is 4.85. The van der Waals surface area contributed by atoms with E-state index in [1.54, 1.807) is 0 Å². The van der Waals surface area contributed by atoms with E-state index in [1.165, 1.54) is 0 Å². The van der Waals surface area contributed by atoms with E-state index in [2.05, 4.69) is 17.0 Å². The van der Waals surface area contributed by atoms with Crippen molar-refractivity contribution in [1.82, 2.24) is 14.8 Å². The lowest BCUT2D eigenvalue weighted by Crippen LogP contribution is -1.83. The molecule has 0 bridgehead atoms. The molecule has 0 amide bonds. The highest BCUT2D eigenvalue weighted by atomic mass is 31.1. The van der Waals surface area contributed by atoms with Gasteiger partial charge in [-0.2, -0.15) is 0 Å². The van der Waals surface area contributed by atoms with E-state index >= 15 is 0 Å². The molecule has 0 aliphatic carbocycles. The highest BCUT2D eigenvalue weighted by Gasteiger charge is 1.98. The largest absolute Gasteiger partial charge is 0.228 e. The van der Waals surface area contributed by atoms with Crippen molar-refractivity contribution >= 4 is 19.8 Å². The first-order chi connectivity index (χ1) is 5.42. The highest BCUT2D eigenvalue weighted by molar-refractivity contribution is 7.35. The molecule has 2 aromatic rings. The van der Waals surface area contributed by atoms with Crippen molar-refractivity contribution in [2.45, 2.75) is 0 Å². The lowest BCUT2D eigenvalue weighted by Gasteiger charge is -1.93. The van der Waals surface area contributed by atoms with E-state index in [1.807, 2.05) is 28.7 Å². The molecule has 0 aliphatic rings. The lowest BCUT2D eigenvalue weighted by molar-refractivity contribution is 0.906. The predicted molar refractivity (Wildman–Crippen MR) is 47.2 cm³/mol. The van der Waals surface area contributed by atoms with Gasteiger partial charge in [0.15, 0.2) is 0 Å². The Balaban J connectivity index is 2.76. The van der Waals surface area contributed by atoms with Crippen molar-refractivity contribution in [1.29, 1.82) is 0 Å². The van der Waals surface area contributed by atoms with Crippen LogP contribution in [0.1, 0.15) is 0 Å². The topological polar surface area (TPSA) is 30.7 Å². The summed E-state index contributed by atoms with van der Waals surface area (Å²) >= 11 is 0. The fourth-order valence-electron chi connectivity index (χ4n) is 1.03. The van der Waals surface area contributed by atoms with E-state index in [9.17, 15) is 0 Å². The normalized spacial score (nSPS) is 11.7. The van der Waals surface area contributed by atoms with Crippen LogP contribution in [-0.4, -0.2) is 21.4 Å². The first kappa shape index (κ1) is 6.74. The van der Waals surface area contributed by atoms with Crippen LogP contribution in [0.2, 0.25) is 0 Å². The fourth-order valence-corrected chi connectivity index (χ4v) is 1.60. The minimum Gasteiger partial charge on any atom is -0.228 e. The van der Waals surface area contributed by atoms with Gasteiger partial charge in [0.2, 0.25) is 0 Å². The molecule has 56 valence electrons. The molecule has 0 saturated heterocycles. The Morgan fingerprint density at radius 1 is 1.36 bits per heavy atom. The highest BCUT2D eigenvalue weighted by Crippen LogP contribution is 2.16. The molecular formula is C7H8N3P. The van der Waals surface area contributed by atoms with Gasteiger partial charge in [-0.25, -0.2) is 4.45 Å².